The Morgan fingerprint density at radius 3 is 0.714 bits per heavy atom. The van der Waals surface area contributed by atoms with Crippen molar-refractivity contribution in [3.05, 3.63) is 279 Å². The molecule has 2 heteroatoms. The molecule has 0 aromatic heterocycles. The second-order valence-electron chi connectivity index (χ2n) is 18.1. The Labute approximate surface area is 408 Å². The van der Waals surface area contributed by atoms with E-state index in [0.29, 0.717) is 0 Å². The Balaban J connectivity index is 1.03. The molecule has 2 nitrogen and oxygen atoms in total. The number of nitrogens with zero attached hydrogens (tertiary/aromatic N) is 2. The van der Waals surface area contributed by atoms with Crippen molar-refractivity contribution in [2.45, 2.75) is 0 Å². The lowest BCUT2D eigenvalue weighted by Gasteiger charge is -2.30. The summed E-state index contributed by atoms with van der Waals surface area (Å²) in [5.74, 6) is 0. The van der Waals surface area contributed by atoms with Crippen molar-refractivity contribution >= 4 is 77.2 Å². The first-order valence-corrected chi connectivity index (χ1v) is 24.1. The Morgan fingerprint density at radius 2 is 0.414 bits per heavy atom. The molecule has 70 heavy (non-hydrogen) atoms. The van der Waals surface area contributed by atoms with Crippen molar-refractivity contribution in [1.29, 1.82) is 0 Å². The van der Waals surface area contributed by atoms with E-state index < -0.39 is 0 Å². The van der Waals surface area contributed by atoms with E-state index in [0.717, 1.165) is 34.1 Å². The van der Waals surface area contributed by atoms with Crippen LogP contribution in [0.3, 0.4) is 0 Å². The molecule has 0 spiro atoms. The summed E-state index contributed by atoms with van der Waals surface area (Å²) < 4.78 is 0. The van der Waals surface area contributed by atoms with Crippen molar-refractivity contribution in [3.8, 4) is 44.5 Å². The highest BCUT2D eigenvalue weighted by atomic mass is 15.1. The first-order chi connectivity index (χ1) is 34.7. The van der Waals surface area contributed by atoms with Gasteiger partial charge >= 0.3 is 0 Å². The Morgan fingerprint density at radius 1 is 0.171 bits per heavy atom. The maximum absolute atomic E-state index is 2.45. The molecule has 0 amide bonds. The highest BCUT2D eigenvalue weighted by molar-refractivity contribution is 6.35. The van der Waals surface area contributed by atoms with Crippen LogP contribution in [0.15, 0.2) is 279 Å². The Hall–Kier alpha value is -9.24. The lowest BCUT2D eigenvalue weighted by molar-refractivity contribution is 1.30. The van der Waals surface area contributed by atoms with Gasteiger partial charge in [-0.2, -0.15) is 0 Å². The molecule has 328 valence electrons. The van der Waals surface area contributed by atoms with Crippen LogP contribution in [-0.2, 0) is 0 Å². The molecule has 0 heterocycles. The molecule has 0 aliphatic heterocycles. The van der Waals surface area contributed by atoms with Gasteiger partial charge in [-0.15, -0.1) is 0 Å². The lowest BCUT2D eigenvalue weighted by atomic mass is 9.88. The molecule has 0 bridgehead atoms. The minimum absolute atomic E-state index is 1.10. The van der Waals surface area contributed by atoms with Crippen LogP contribution in [0.4, 0.5) is 34.1 Å². The van der Waals surface area contributed by atoms with Gasteiger partial charge in [0.15, 0.2) is 0 Å². The predicted molar refractivity (Wildman–Crippen MR) is 299 cm³/mol. The van der Waals surface area contributed by atoms with E-state index in [9.17, 15) is 0 Å². The van der Waals surface area contributed by atoms with Crippen LogP contribution in [-0.4, -0.2) is 0 Å². The van der Waals surface area contributed by atoms with Crippen LogP contribution in [0.1, 0.15) is 0 Å². The number of benzene rings is 13. The fourth-order valence-electron chi connectivity index (χ4n) is 10.7. The molecule has 13 aromatic rings. The zero-order chi connectivity index (χ0) is 46.4. The zero-order valence-corrected chi connectivity index (χ0v) is 38.5. The van der Waals surface area contributed by atoms with E-state index >= 15 is 0 Å². The smallest absolute Gasteiger partial charge is 0.0540 e. The van der Waals surface area contributed by atoms with E-state index in [1.807, 2.05) is 0 Å². The summed E-state index contributed by atoms with van der Waals surface area (Å²) in [4.78, 5) is 4.90. The average molecular weight is 891 g/mol. The van der Waals surface area contributed by atoms with E-state index in [1.165, 1.54) is 87.6 Å². The molecule has 0 radical (unpaired) electrons. The maximum Gasteiger partial charge on any atom is 0.0540 e. The van der Waals surface area contributed by atoms with Gasteiger partial charge in [-0.25, -0.2) is 0 Å². The van der Waals surface area contributed by atoms with E-state index in [-0.39, 0.29) is 0 Å². The van der Waals surface area contributed by atoms with Gasteiger partial charge < -0.3 is 9.80 Å². The number of hydrogen-bond donors (Lipinski definition) is 0. The van der Waals surface area contributed by atoms with Gasteiger partial charge in [-0.3, -0.25) is 0 Å². The normalized spacial score (nSPS) is 11.4. The van der Waals surface area contributed by atoms with Gasteiger partial charge in [0, 0.05) is 33.5 Å². The van der Waals surface area contributed by atoms with Gasteiger partial charge in [-0.05, 0) is 137 Å². The first kappa shape index (κ1) is 41.0. The van der Waals surface area contributed by atoms with Crippen LogP contribution in [0, 0.1) is 0 Å². The van der Waals surface area contributed by atoms with Gasteiger partial charge in [0.2, 0.25) is 0 Å². The zero-order valence-electron chi connectivity index (χ0n) is 38.5. The predicted octanol–water partition coefficient (Wildman–Crippen LogP) is 19.3. The number of rotatable bonds is 10. The lowest BCUT2D eigenvalue weighted by Crippen LogP contribution is -2.11. The summed E-state index contributed by atoms with van der Waals surface area (Å²) in [6.45, 7) is 0. The standard InChI is InChI=1S/C68H46N2/c1-5-19-47(20-6-1)51-27-13-31-55(43-51)69(56-32-14-28-52(44-56)48-21-7-2-8-22-48)65-41-39-61-62-40-42-66(64-38-18-36-60(68(62)64)59-35-17-37-63(65)67(59)61)70(57-33-15-29-53(45-57)49-23-9-3-10-24-49)58-34-16-30-54(46-58)50-25-11-4-12-26-50/h1-46H. The van der Waals surface area contributed by atoms with E-state index in [4.69, 9.17) is 0 Å². The molecule has 0 saturated heterocycles. The SMILES string of the molecule is c1ccc(-c2cccc(N(c3cccc(-c4ccccc4)c3)c3ccc4c5ccc(N(c6cccc(-c7ccccc7)c6)c6cccc(-c7ccccc7)c6)c6cccc(c7cccc3c74)c65)c2)cc1. The largest absolute Gasteiger partial charge is 0.310 e. The van der Waals surface area contributed by atoms with Crippen molar-refractivity contribution in [2.24, 2.45) is 0 Å². The number of anilines is 6. The minimum atomic E-state index is 1.10. The summed E-state index contributed by atoms with van der Waals surface area (Å²) in [5, 5.41) is 9.89. The van der Waals surface area contributed by atoms with E-state index in [2.05, 4.69) is 289 Å². The molecule has 0 saturated carbocycles. The van der Waals surface area contributed by atoms with Crippen LogP contribution in [0.2, 0.25) is 0 Å². The summed E-state index contributed by atoms with van der Waals surface area (Å²) in [6.07, 6.45) is 0. The molecule has 0 fully saturated rings. The number of fused-ring (bicyclic) bond motifs is 2. The third-order valence-corrected chi connectivity index (χ3v) is 13.9. The highest BCUT2D eigenvalue weighted by Crippen LogP contribution is 2.50. The third kappa shape index (κ3) is 7.22. The van der Waals surface area contributed by atoms with Gasteiger partial charge in [0.1, 0.15) is 0 Å². The molecule has 0 aliphatic carbocycles. The quantitative estimate of drug-likeness (QED) is 0.0997. The van der Waals surface area contributed by atoms with Crippen molar-refractivity contribution < 1.29 is 0 Å². The minimum Gasteiger partial charge on any atom is -0.310 e. The third-order valence-electron chi connectivity index (χ3n) is 13.9. The summed E-state index contributed by atoms with van der Waals surface area (Å²) in [5.41, 5.74) is 16.1. The van der Waals surface area contributed by atoms with Crippen molar-refractivity contribution in [3.63, 3.8) is 0 Å². The average Bonchev–Trinajstić information content (AvgIpc) is 3.44. The first-order valence-electron chi connectivity index (χ1n) is 24.1. The van der Waals surface area contributed by atoms with Crippen molar-refractivity contribution in [1.82, 2.24) is 0 Å². The monoisotopic (exact) mass is 890 g/mol. The molecule has 0 unspecified atom stereocenters. The molecule has 0 atom stereocenters. The maximum atomic E-state index is 2.45. The molecule has 13 rings (SSSR count). The fraction of sp³-hybridized carbons (Fsp3) is 0. The molecular weight excluding hydrogens is 845 g/mol. The van der Waals surface area contributed by atoms with E-state index in [1.54, 1.807) is 0 Å². The molecular formula is C68H46N2. The molecule has 0 N–H and O–H groups in total. The van der Waals surface area contributed by atoms with Gasteiger partial charge in [0.25, 0.3) is 0 Å². The second kappa shape index (κ2) is 17.4. The van der Waals surface area contributed by atoms with Crippen LogP contribution < -0.4 is 9.80 Å². The second-order valence-corrected chi connectivity index (χ2v) is 18.1. The Kier molecular flexibility index (Phi) is 10.2. The molecule has 13 aromatic carbocycles. The summed E-state index contributed by atoms with van der Waals surface area (Å²) in [7, 11) is 0. The fourth-order valence-corrected chi connectivity index (χ4v) is 10.7. The van der Waals surface area contributed by atoms with Crippen LogP contribution in [0.25, 0.3) is 87.6 Å². The van der Waals surface area contributed by atoms with Gasteiger partial charge in [-0.1, -0.05) is 218 Å². The van der Waals surface area contributed by atoms with Crippen LogP contribution >= 0.6 is 0 Å². The topological polar surface area (TPSA) is 6.48 Å². The number of hydrogen-bond acceptors (Lipinski definition) is 2. The molecule has 0 aliphatic rings. The Bertz CT molecular complexity index is 3550. The van der Waals surface area contributed by atoms with Gasteiger partial charge in [0.05, 0.1) is 11.4 Å². The summed E-state index contributed by atoms with van der Waals surface area (Å²) in [6, 6.07) is 102. The van der Waals surface area contributed by atoms with Crippen molar-refractivity contribution in [2.75, 3.05) is 9.80 Å². The van der Waals surface area contributed by atoms with Crippen LogP contribution in [0.5, 0.6) is 0 Å². The highest BCUT2D eigenvalue weighted by Gasteiger charge is 2.23. The summed E-state index contributed by atoms with van der Waals surface area (Å²) >= 11 is 0.